The highest BCUT2D eigenvalue weighted by Gasteiger charge is 2.27. The number of piperidine rings is 1. The molecule has 1 amide bonds. The molecule has 156 valence electrons. The standard InChI is InChI=1S/C21H24N6OS2/c1-13-14(2)30-21(24-13)26-20-19(22-8-9-23-20)16-5-4-10-27(11-16)18(28)7-6-17-12-29-15(3)25-17/h6-9,12,16H,4-5,10-11H2,1-3H3,(H,23,24,26)/b7-6+. The van der Waals surface area contributed by atoms with Crippen LogP contribution in [0.5, 0.6) is 0 Å². The summed E-state index contributed by atoms with van der Waals surface area (Å²) in [6.45, 7) is 7.40. The van der Waals surface area contributed by atoms with E-state index < -0.39 is 0 Å². The number of anilines is 2. The maximum Gasteiger partial charge on any atom is 0.246 e. The summed E-state index contributed by atoms with van der Waals surface area (Å²) in [7, 11) is 0. The Kier molecular flexibility index (Phi) is 6.19. The van der Waals surface area contributed by atoms with Crippen LogP contribution in [0.2, 0.25) is 0 Å². The largest absolute Gasteiger partial charge is 0.338 e. The van der Waals surface area contributed by atoms with Gasteiger partial charge in [-0.05, 0) is 39.7 Å². The third-order valence-corrected chi connectivity index (χ3v) is 6.91. The Hall–Kier alpha value is -2.65. The number of carbonyl (C=O) groups is 1. The molecule has 0 bridgehead atoms. The first-order valence-electron chi connectivity index (χ1n) is 9.90. The van der Waals surface area contributed by atoms with Crippen LogP contribution in [-0.4, -0.2) is 43.8 Å². The van der Waals surface area contributed by atoms with Crippen molar-refractivity contribution < 1.29 is 4.79 Å². The minimum Gasteiger partial charge on any atom is -0.338 e. The number of carbonyl (C=O) groups excluding carboxylic acids is 1. The molecule has 1 atom stereocenters. The van der Waals surface area contributed by atoms with E-state index in [2.05, 4.69) is 32.2 Å². The van der Waals surface area contributed by atoms with Crippen LogP contribution in [0, 0.1) is 20.8 Å². The summed E-state index contributed by atoms with van der Waals surface area (Å²) in [6, 6.07) is 0. The average Bonchev–Trinajstić information content (AvgIpc) is 3.31. The fourth-order valence-corrected chi connectivity index (χ4v) is 4.88. The molecule has 4 heterocycles. The summed E-state index contributed by atoms with van der Waals surface area (Å²) in [6.07, 6.45) is 8.72. The quantitative estimate of drug-likeness (QED) is 0.589. The predicted octanol–water partition coefficient (Wildman–Crippen LogP) is 4.48. The molecule has 30 heavy (non-hydrogen) atoms. The average molecular weight is 441 g/mol. The lowest BCUT2D eigenvalue weighted by molar-refractivity contribution is -0.127. The molecular formula is C21H24N6OS2. The molecule has 3 aromatic heterocycles. The first-order valence-corrected chi connectivity index (χ1v) is 11.6. The van der Waals surface area contributed by atoms with E-state index in [0.29, 0.717) is 6.54 Å². The summed E-state index contributed by atoms with van der Waals surface area (Å²) in [4.78, 5) is 33.8. The van der Waals surface area contributed by atoms with Crippen molar-refractivity contribution in [2.24, 2.45) is 0 Å². The SMILES string of the molecule is Cc1nc(/C=C/C(=O)N2CCCC(c3nccnc3Nc3nc(C)c(C)s3)C2)cs1. The van der Waals surface area contributed by atoms with Crippen LogP contribution in [0.15, 0.2) is 23.8 Å². The topological polar surface area (TPSA) is 83.9 Å². The molecule has 7 nitrogen and oxygen atoms in total. The smallest absolute Gasteiger partial charge is 0.246 e. The zero-order valence-corrected chi connectivity index (χ0v) is 18.9. The third-order valence-electron chi connectivity index (χ3n) is 5.13. The number of thiazole rings is 2. The molecule has 1 saturated heterocycles. The van der Waals surface area contributed by atoms with Crippen LogP contribution in [0.4, 0.5) is 10.9 Å². The van der Waals surface area contributed by atoms with Gasteiger partial charge in [0.25, 0.3) is 0 Å². The highest BCUT2D eigenvalue weighted by atomic mass is 32.1. The molecule has 0 radical (unpaired) electrons. The fraction of sp³-hybridized carbons (Fsp3) is 0.381. The number of aryl methyl sites for hydroxylation is 3. The molecule has 3 aromatic rings. The van der Waals surface area contributed by atoms with E-state index in [9.17, 15) is 4.79 Å². The van der Waals surface area contributed by atoms with Gasteiger partial charge in [0.05, 0.1) is 22.1 Å². The van der Waals surface area contributed by atoms with Gasteiger partial charge in [-0.15, -0.1) is 22.7 Å². The second-order valence-corrected chi connectivity index (χ2v) is 9.59. The van der Waals surface area contributed by atoms with Gasteiger partial charge in [-0.25, -0.2) is 15.0 Å². The Morgan fingerprint density at radius 1 is 1.23 bits per heavy atom. The molecule has 0 saturated carbocycles. The minimum absolute atomic E-state index is 0.00919. The molecule has 9 heteroatoms. The lowest BCUT2D eigenvalue weighted by Gasteiger charge is -2.32. The van der Waals surface area contributed by atoms with Gasteiger partial charge in [-0.1, -0.05) is 0 Å². The number of rotatable bonds is 5. The van der Waals surface area contributed by atoms with Crippen LogP contribution in [-0.2, 0) is 4.79 Å². The highest BCUT2D eigenvalue weighted by molar-refractivity contribution is 7.15. The van der Waals surface area contributed by atoms with Crippen molar-refractivity contribution in [2.75, 3.05) is 18.4 Å². The number of hydrogen-bond donors (Lipinski definition) is 1. The van der Waals surface area contributed by atoms with Gasteiger partial charge < -0.3 is 10.2 Å². The molecule has 4 rings (SSSR count). The Balaban J connectivity index is 1.48. The van der Waals surface area contributed by atoms with E-state index in [1.807, 2.05) is 24.1 Å². The molecule has 0 aromatic carbocycles. The summed E-state index contributed by atoms with van der Waals surface area (Å²) >= 11 is 3.19. The van der Waals surface area contributed by atoms with Gasteiger partial charge in [-0.2, -0.15) is 0 Å². The van der Waals surface area contributed by atoms with Crippen molar-refractivity contribution in [3.63, 3.8) is 0 Å². The van der Waals surface area contributed by atoms with Gasteiger partial charge >= 0.3 is 0 Å². The number of likely N-dealkylation sites (tertiary alicyclic amines) is 1. The van der Waals surface area contributed by atoms with Crippen molar-refractivity contribution in [3.8, 4) is 0 Å². The molecule has 1 aliphatic rings. The summed E-state index contributed by atoms with van der Waals surface area (Å²) < 4.78 is 0. The van der Waals surface area contributed by atoms with E-state index in [1.165, 1.54) is 4.88 Å². The van der Waals surface area contributed by atoms with Crippen molar-refractivity contribution >= 4 is 45.6 Å². The van der Waals surface area contributed by atoms with Crippen molar-refractivity contribution in [3.05, 3.63) is 50.8 Å². The number of aromatic nitrogens is 4. The monoisotopic (exact) mass is 440 g/mol. The normalized spacial score (nSPS) is 16.9. The van der Waals surface area contributed by atoms with Crippen LogP contribution in [0.25, 0.3) is 6.08 Å². The Bertz CT molecular complexity index is 1050. The molecule has 1 fully saturated rings. The Morgan fingerprint density at radius 2 is 2.07 bits per heavy atom. The van der Waals surface area contributed by atoms with Gasteiger partial charge in [-0.3, -0.25) is 9.78 Å². The summed E-state index contributed by atoms with van der Waals surface area (Å²) in [5.41, 5.74) is 2.73. The molecule has 0 spiro atoms. The first-order chi connectivity index (χ1) is 14.5. The lowest BCUT2D eigenvalue weighted by Crippen LogP contribution is -2.38. The van der Waals surface area contributed by atoms with Gasteiger partial charge in [0, 0.05) is 47.7 Å². The second-order valence-electron chi connectivity index (χ2n) is 7.32. The highest BCUT2D eigenvalue weighted by Crippen LogP contribution is 2.32. The van der Waals surface area contributed by atoms with E-state index in [4.69, 9.17) is 0 Å². The van der Waals surface area contributed by atoms with Gasteiger partial charge in [0.15, 0.2) is 10.9 Å². The third kappa shape index (κ3) is 4.73. The van der Waals surface area contributed by atoms with Crippen molar-refractivity contribution in [2.45, 2.75) is 39.5 Å². The van der Waals surface area contributed by atoms with Crippen molar-refractivity contribution in [1.82, 2.24) is 24.8 Å². The van der Waals surface area contributed by atoms with Crippen LogP contribution >= 0.6 is 22.7 Å². The lowest BCUT2D eigenvalue weighted by atomic mass is 9.94. The van der Waals surface area contributed by atoms with E-state index in [-0.39, 0.29) is 11.8 Å². The van der Waals surface area contributed by atoms with Crippen molar-refractivity contribution in [1.29, 1.82) is 0 Å². The maximum atomic E-state index is 12.7. The molecular weight excluding hydrogens is 416 g/mol. The summed E-state index contributed by atoms with van der Waals surface area (Å²) in [5.74, 6) is 0.866. The van der Waals surface area contributed by atoms with E-state index in [1.54, 1.807) is 47.2 Å². The van der Waals surface area contributed by atoms with Crippen LogP contribution in [0.3, 0.4) is 0 Å². The molecule has 1 N–H and O–H groups in total. The Morgan fingerprint density at radius 3 is 2.80 bits per heavy atom. The van der Waals surface area contributed by atoms with Crippen LogP contribution < -0.4 is 5.32 Å². The van der Waals surface area contributed by atoms with E-state index in [0.717, 1.165) is 52.4 Å². The molecule has 1 aliphatic heterocycles. The minimum atomic E-state index is 0.00919. The second kappa shape index (κ2) is 9.01. The predicted molar refractivity (Wildman–Crippen MR) is 121 cm³/mol. The van der Waals surface area contributed by atoms with E-state index >= 15 is 0 Å². The molecule has 1 unspecified atom stereocenters. The first kappa shape index (κ1) is 20.6. The number of nitrogens with zero attached hydrogens (tertiary/aromatic N) is 5. The number of hydrogen-bond acceptors (Lipinski definition) is 8. The maximum absolute atomic E-state index is 12.7. The van der Waals surface area contributed by atoms with Gasteiger partial charge in [0.1, 0.15) is 0 Å². The number of nitrogens with one attached hydrogen (secondary N) is 1. The summed E-state index contributed by atoms with van der Waals surface area (Å²) in [5, 5.41) is 7.10. The zero-order chi connectivity index (χ0) is 21.1. The van der Waals surface area contributed by atoms with Crippen LogP contribution in [0.1, 0.15) is 45.7 Å². The molecule has 0 aliphatic carbocycles. The zero-order valence-electron chi connectivity index (χ0n) is 17.3. The Labute approximate surface area is 183 Å². The number of amides is 1. The fourth-order valence-electron chi connectivity index (χ4n) is 3.49. The van der Waals surface area contributed by atoms with Gasteiger partial charge in [0.2, 0.25) is 5.91 Å².